The monoisotopic (exact) mass is 317 g/mol. The summed E-state index contributed by atoms with van der Waals surface area (Å²) in [5.41, 5.74) is 0.555. The number of hydrogen-bond acceptors (Lipinski definition) is 5. The van der Waals surface area contributed by atoms with E-state index in [1.807, 2.05) is 13.0 Å². The summed E-state index contributed by atoms with van der Waals surface area (Å²) in [6, 6.07) is 8.72. The summed E-state index contributed by atoms with van der Waals surface area (Å²) in [5.74, 6) is 0.797. The van der Waals surface area contributed by atoms with Crippen molar-refractivity contribution in [3.8, 4) is 5.75 Å². The van der Waals surface area contributed by atoms with Crippen LogP contribution in [0.2, 0.25) is 0 Å². The van der Waals surface area contributed by atoms with Gasteiger partial charge in [-0.2, -0.15) is 0 Å². The van der Waals surface area contributed by atoms with E-state index in [1.165, 1.54) is 11.8 Å². The van der Waals surface area contributed by atoms with Crippen LogP contribution in [-0.4, -0.2) is 30.1 Å². The van der Waals surface area contributed by atoms with Crippen molar-refractivity contribution < 1.29 is 18.8 Å². The van der Waals surface area contributed by atoms with Crippen molar-refractivity contribution in [1.82, 2.24) is 5.16 Å². The lowest BCUT2D eigenvalue weighted by Gasteiger charge is -2.18. The molecule has 0 aliphatic heterocycles. The highest BCUT2D eigenvalue weighted by Crippen LogP contribution is 2.23. The van der Waals surface area contributed by atoms with Gasteiger partial charge in [-0.3, -0.25) is 14.5 Å². The number of benzene rings is 1. The molecule has 1 N–H and O–H groups in total. The Morgan fingerprint density at radius 1 is 1.35 bits per heavy atom. The SMILES string of the molecule is CCOc1ccccc1NC(=O)CN(C(C)=O)c1cc(C)on1. The summed E-state index contributed by atoms with van der Waals surface area (Å²) in [6.07, 6.45) is 0. The molecule has 23 heavy (non-hydrogen) atoms. The second-order valence-electron chi connectivity index (χ2n) is 4.88. The van der Waals surface area contributed by atoms with Crippen LogP contribution >= 0.6 is 0 Å². The zero-order valence-corrected chi connectivity index (χ0v) is 13.3. The van der Waals surface area contributed by atoms with E-state index in [-0.39, 0.29) is 18.4 Å². The van der Waals surface area contributed by atoms with Crippen molar-refractivity contribution in [3.05, 3.63) is 36.1 Å². The van der Waals surface area contributed by atoms with Crippen LogP contribution in [0.4, 0.5) is 11.5 Å². The Kier molecular flexibility index (Phi) is 5.35. The van der Waals surface area contributed by atoms with E-state index in [4.69, 9.17) is 9.26 Å². The summed E-state index contributed by atoms with van der Waals surface area (Å²) < 4.78 is 10.4. The molecule has 2 amide bonds. The first-order valence-electron chi connectivity index (χ1n) is 7.24. The molecule has 2 rings (SSSR count). The lowest BCUT2D eigenvalue weighted by Crippen LogP contribution is -2.37. The van der Waals surface area contributed by atoms with E-state index < -0.39 is 0 Å². The Morgan fingerprint density at radius 3 is 2.70 bits per heavy atom. The lowest BCUT2D eigenvalue weighted by molar-refractivity contribution is -0.120. The zero-order chi connectivity index (χ0) is 16.8. The van der Waals surface area contributed by atoms with Crippen LogP contribution in [-0.2, 0) is 9.59 Å². The first-order valence-corrected chi connectivity index (χ1v) is 7.24. The third-order valence-electron chi connectivity index (χ3n) is 3.03. The number of carbonyl (C=O) groups is 2. The molecule has 0 fully saturated rings. The van der Waals surface area contributed by atoms with Crippen LogP contribution in [0.1, 0.15) is 19.6 Å². The molecule has 7 nitrogen and oxygen atoms in total. The summed E-state index contributed by atoms with van der Waals surface area (Å²) in [7, 11) is 0. The van der Waals surface area contributed by atoms with E-state index in [0.29, 0.717) is 29.6 Å². The molecular formula is C16H19N3O4. The van der Waals surface area contributed by atoms with Crippen LogP contribution in [0, 0.1) is 6.92 Å². The quantitative estimate of drug-likeness (QED) is 0.884. The lowest BCUT2D eigenvalue weighted by atomic mass is 10.3. The van der Waals surface area contributed by atoms with E-state index in [2.05, 4.69) is 10.5 Å². The number of amides is 2. The molecule has 0 aliphatic carbocycles. The maximum absolute atomic E-state index is 12.2. The van der Waals surface area contributed by atoms with Crippen LogP contribution in [0.5, 0.6) is 5.75 Å². The van der Waals surface area contributed by atoms with Gasteiger partial charge in [0.15, 0.2) is 5.82 Å². The molecule has 0 bridgehead atoms. The van der Waals surface area contributed by atoms with Gasteiger partial charge in [-0.1, -0.05) is 17.3 Å². The van der Waals surface area contributed by atoms with Crippen LogP contribution in [0.3, 0.4) is 0 Å². The second kappa shape index (κ2) is 7.44. The second-order valence-corrected chi connectivity index (χ2v) is 4.88. The molecule has 0 unspecified atom stereocenters. The topological polar surface area (TPSA) is 84.7 Å². The van der Waals surface area contributed by atoms with Gasteiger partial charge in [0, 0.05) is 13.0 Å². The van der Waals surface area contributed by atoms with Gasteiger partial charge >= 0.3 is 0 Å². The molecule has 0 spiro atoms. The highest BCUT2D eigenvalue weighted by atomic mass is 16.5. The van der Waals surface area contributed by atoms with Gasteiger partial charge in [-0.25, -0.2) is 0 Å². The minimum absolute atomic E-state index is 0.165. The number of aryl methyl sites for hydroxylation is 1. The van der Waals surface area contributed by atoms with Crippen LogP contribution in [0.15, 0.2) is 34.9 Å². The van der Waals surface area contributed by atoms with Crippen LogP contribution < -0.4 is 15.0 Å². The van der Waals surface area contributed by atoms with Crippen molar-refractivity contribution in [2.75, 3.05) is 23.4 Å². The smallest absolute Gasteiger partial charge is 0.244 e. The fourth-order valence-corrected chi connectivity index (χ4v) is 2.02. The Hall–Kier alpha value is -2.83. The highest BCUT2D eigenvalue weighted by molar-refractivity contribution is 6.01. The third-order valence-corrected chi connectivity index (χ3v) is 3.03. The number of ether oxygens (including phenoxy) is 1. The predicted molar refractivity (Wildman–Crippen MR) is 85.5 cm³/mol. The standard InChI is InChI=1S/C16H19N3O4/c1-4-22-14-8-6-5-7-13(14)17-16(21)10-19(12(3)20)15-9-11(2)23-18-15/h5-9H,4,10H2,1-3H3,(H,17,21). The third kappa shape index (κ3) is 4.32. The molecule has 0 aliphatic rings. The fraction of sp³-hybridized carbons (Fsp3) is 0.312. The van der Waals surface area contributed by atoms with Crippen molar-refractivity contribution in [2.45, 2.75) is 20.8 Å². The molecule has 0 saturated carbocycles. The average Bonchev–Trinajstić information content (AvgIpc) is 2.93. The predicted octanol–water partition coefficient (Wildman–Crippen LogP) is 2.37. The van der Waals surface area contributed by atoms with E-state index in [1.54, 1.807) is 31.2 Å². The molecule has 0 saturated heterocycles. The molecule has 0 radical (unpaired) electrons. The van der Waals surface area contributed by atoms with Crippen molar-refractivity contribution in [3.63, 3.8) is 0 Å². The largest absolute Gasteiger partial charge is 0.492 e. The molecule has 7 heteroatoms. The summed E-state index contributed by atoms with van der Waals surface area (Å²) in [6.45, 7) is 5.27. The number of nitrogens with one attached hydrogen (secondary N) is 1. The fourth-order valence-electron chi connectivity index (χ4n) is 2.02. The minimum atomic E-state index is -0.354. The molecule has 2 aromatic rings. The molecule has 0 atom stereocenters. The number of carbonyl (C=O) groups excluding carboxylic acids is 2. The molecule has 1 aromatic carbocycles. The normalized spacial score (nSPS) is 10.2. The summed E-state index contributed by atoms with van der Waals surface area (Å²) >= 11 is 0. The van der Waals surface area contributed by atoms with E-state index >= 15 is 0 Å². The van der Waals surface area contributed by atoms with E-state index in [9.17, 15) is 9.59 Å². The molecule has 1 aromatic heterocycles. The Morgan fingerprint density at radius 2 is 2.09 bits per heavy atom. The van der Waals surface area contributed by atoms with Crippen LogP contribution in [0.25, 0.3) is 0 Å². The number of hydrogen-bond donors (Lipinski definition) is 1. The van der Waals surface area contributed by atoms with Crippen molar-refractivity contribution in [2.24, 2.45) is 0 Å². The highest BCUT2D eigenvalue weighted by Gasteiger charge is 2.19. The minimum Gasteiger partial charge on any atom is -0.492 e. The van der Waals surface area contributed by atoms with Gasteiger partial charge < -0.3 is 14.6 Å². The van der Waals surface area contributed by atoms with E-state index in [0.717, 1.165) is 0 Å². The maximum atomic E-state index is 12.2. The van der Waals surface area contributed by atoms with Gasteiger partial charge in [0.2, 0.25) is 11.8 Å². The molecule has 122 valence electrons. The number of para-hydroxylation sites is 2. The summed E-state index contributed by atoms with van der Waals surface area (Å²) in [4.78, 5) is 25.2. The number of aromatic nitrogens is 1. The Balaban J connectivity index is 2.10. The van der Waals surface area contributed by atoms with Gasteiger partial charge in [0.25, 0.3) is 0 Å². The molecular weight excluding hydrogens is 298 g/mol. The van der Waals surface area contributed by atoms with Gasteiger partial charge in [-0.15, -0.1) is 0 Å². The first kappa shape index (κ1) is 16.5. The number of anilines is 2. The van der Waals surface area contributed by atoms with Crippen molar-refractivity contribution >= 4 is 23.3 Å². The van der Waals surface area contributed by atoms with Crippen molar-refractivity contribution in [1.29, 1.82) is 0 Å². The number of rotatable bonds is 6. The Labute approximate surface area is 134 Å². The zero-order valence-electron chi connectivity index (χ0n) is 13.3. The molecule has 1 heterocycles. The summed E-state index contributed by atoms with van der Waals surface area (Å²) in [5, 5.41) is 6.51. The first-order chi connectivity index (χ1) is 11.0. The average molecular weight is 317 g/mol. The van der Waals surface area contributed by atoms with Gasteiger partial charge in [0.05, 0.1) is 12.3 Å². The van der Waals surface area contributed by atoms with Gasteiger partial charge in [-0.05, 0) is 26.0 Å². The van der Waals surface area contributed by atoms with Gasteiger partial charge in [0.1, 0.15) is 18.1 Å². The number of nitrogens with zero attached hydrogens (tertiary/aromatic N) is 2. The maximum Gasteiger partial charge on any atom is 0.244 e. The Bertz CT molecular complexity index is 696.